The Hall–Kier alpha value is -0.380. The van der Waals surface area contributed by atoms with Crippen molar-refractivity contribution in [2.45, 2.75) is 6.92 Å². The van der Waals surface area contributed by atoms with E-state index < -0.39 is 0 Å². The molecule has 0 radical (unpaired) electrons. The van der Waals surface area contributed by atoms with Crippen LogP contribution in [0, 0.1) is 5.92 Å². The highest BCUT2D eigenvalue weighted by Crippen LogP contribution is 2.23. The van der Waals surface area contributed by atoms with Gasteiger partial charge in [0, 0.05) is 12.4 Å². The first-order valence-corrected chi connectivity index (χ1v) is 6.83. The number of aliphatic hydroxyl groups is 1. The molecule has 2 nitrogen and oxygen atoms in total. The van der Waals surface area contributed by atoms with Crippen molar-refractivity contribution in [3.05, 3.63) is 29.3 Å². The van der Waals surface area contributed by atoms with Gasteiger partial charge >= 0.3 is 0 Å². The lowest BCUT2D eigenvalue weighted by molar-refractivity contribution is 0.250. The molecule has 0 heterocycles. The second-order valence-corrected chi connectivity index (χ2v) is 5.20. The van der Waals surface area contributed by atoms with E-state index in [4.69, 9.17) is 21.4 Å². The standard InChI is InChI=1S/C12H17ClO2S/c1-10(8-14)9-16-7-6-15-12-5-3-2-4-11(12)13/h2-5,10,14H,6-9H2,1H3. The summed E-state index contributed by atoms with van der Waals surface area (Å²) >= 11 is 7.73. The van der Waals surface area contributed by atoms with Crippen LogP contribution in [0.4, 0.5) is 0 Å². The molecule has 0 spiro atoms. The molecule has 0 aliphatic heterocycles. The Labute approximate surface area is 106 Å². The van der Waals surface area contributed by atoms with E-state index >= 15 is 0 Å². The molecular weight excluding hydrogens is 244 g/mol. The molecule has 16 heavy (non-hydrogen) atoms. The van der Waals surface area contributed by atoms with Crippen molar-refractivity contribution >= 4 is 23.4 Å². The maximum atomic E-state index is 8.84. The summed E-state index contributed by atoms with van der Waals surface area (Å²) in [6.45, 7) is 2.92. The number of para-hydroxylation sites is 1. The molecule has 0 saturated heterocycles. The summed E-state index contributed by atoms with van der Waals surface area (Å²) in [6, 6.07) is 7.47. The van der Waals surface area contributed by atoms with E-state index in [1.165, 1.54) is 0 Å². The molecule has 0 aliphatic carbocycles. The lowest BCUT2D eigenvalue weighted by Gasteiger charge is -2.09. The van der Waals surface area contributed by atoms with Gasteiger partial charge in [-0.2, -0.15) is 11.8 Å². The van der Waals surface area contributed by atoms with Gasteiger partial charge in [0.15, 0.2) is 0 Å². The Morgan fingerprint density at radius 1 is 1.44 bits per heavy atom. The summed E-state index contributed by atoms with van der Waals surface area (Å²) < 4.78 is 5.54. The van der Waals surface area contributed by atoms with E-state index in [1.807, 2.05) is 31.2 Å². The van der Waals surface area contributed by atoms with Gasteiger partial charge in [0.25, 0.3) is 0 Å². The van der Waals surface area contributed by atoms with Gasteiger partial charge in [-0.3, -0.25) is 0 Å². The first kappa shape index (κ1) is 13.7. The first-order valence-electron chi connectivity index (χ1n) is 5.30. The minimum absolute atomic E-state index is 0.248. The quantitative estimate of drug-likeness (QED) is 0.764. The van der Waals surface area contributed by atoms with Crippen molar-refractivity contribution in [1.29, 1.82) is 0 Å². The van der Waals surface area contributed by atoms with Crippen LogP contribution in [0.15, 0.2) is 24.3 Å². The van der Waals surface area contributed by atoms with Crippen LogP contribution < -0.4 is 4.74 Å². The SMILES string of the molecule is CC(CO)CSCCOc1ccccc1Cl. The molecule has 0 saturated carbocycles. The van der Waals surface area contributed by atoms with E-state index in [0.717, 1.165) is 17.3 Å². The number of ether oxygens (including phenoxy) is 1. The van der Waals surface area contributed by atoms with Gasteiger partial charge in [-0.1, -0.05) is 30.7 Å². The molecule has 1 aromatic rings. The molecule has 0 bridgehead atoms. The molecule has 0 amide bonds. The molecule has 1 rings (SSSR count). The van der Waals surface area contributed by atoms with Crippen LogP contribution in [0.2, 0.25) is 5.02 Å². The second-order valence-electron chi connectivity index (χ2n) is 3.64. The van der Waals surface area contributed by atoms with E-state index in [-0.39, 0.29) is 6.61 Å². The fourth-order valence-electron chi connectivity index (χ4n) is 1.11. The zero-order valence-corrected chi connectivity index (χ0v) is 10.9. The zero-order valence-electron chi connectivity index (χ0n) is 9.36. The Morgan fingerprint density at radius 2 is 2.19 bits per heavy atom. The largest absolute Gasteiger partial charge is 0.491 e. The van der Waals surface area contributed by atoms with Crippen molar-refractivity contribution < 1.29 is 9.84 Å². The molecule has 90 valence electrons. The fourth-order valence-corrected chi connectivity index (χ4v) is 2.18. The highest BCUT2D eigenvalue weighted by atomic mass is 35.5. The molecule has 0 fully saturated rings. The maximum absolute atomic E-state index is 8.84. The average Bonchev–Trinajstić information content (AvgIpc) is 2.30. The summed E-state index contributed by atoms with van der Waals surface area (Å²) in [5.41, 5.74) is 0. The molecule has 1 unspecified atom stereocenters. The lowest BCUT2D eigenvalue weighted by Crippen LogP contribution is -2.06. The number of aliphatic hydroxyl groups excluding tert-OH is 1. The van der Waals surface area contributed by atoms with Crippen LogP contribution >= 0.6 is 23.4 Å². The third kappa shape index (κ3) is 5.10. The van der Waals surface area contributed by atoms with Gasteiger partial charge in [0.05, 0.1) is 11.6 Å². The van der Waals surface area contributed by atoms with Gasteiger partial charge < -0.3 is 9.84 Å². The highest BCUT2D eigenvalue weighted by Gasteiger charge is 2.01. The number of hydrogen-bond donors (Lipinski definition) is 1. The topological polar surface area (TPSA) is 29.5 Å². The maximum Gasteiger partial charge on any atom is 0.137 e. The minimum Gasteiger partial charge on any atom is -0.491 e. The van der Waals surface area contributed by atoms with E-state index in [0.29, 0.717) is 17.5 Å². The van der Waals surface area contributed by atoms with Gasteiger partial charge in [-0.05, 0) is 23.8 Å². The lowest BCUT2D eigenvalue weighted by atomic mass is 10.2. The summed E-state index contributed by atoms with van der Waals surface area (Å²) in [5.74, 6) is 2.96. The predicted octanol–water partition coefficient (Wildman–Crippen LogP) is 3.08. The normalized spacial score (nSPS) is 12.4. The number of rotatable bonds is 7. The monoisotopic (exact) mass is 260 g/mol. The number of benzene rings is 1. The van der Waals surface area contributed by atoms with E-state index in [1.54, 1.807) is 11.8 Å². The molecule has 0 aromatic heterocycles. The van der Waals surface area contributed by atoms with Crippen LogP contribution in [0.3, 0.4) is 0 Å². The highest BCUT2D eigenvalue weighted by molar-refractivity contribution is 7.99. The van der Waals surface area contributed by atoms with Crippen molar-refractivity contribution in [1.82, 2.24) is 0 Å². The molecule has 0 aliphatic rings. The Kier molecular flexibility index (Phi) is 6.69. The van der Waals surface area contributed by atoms with Crippen LogP contribution in [0.1, 0.15) is 6.92 Å². The predicted molar refractivity (Wildman–Crippen MR) is 70.5 cm³/mol. The van der Waals surface area contributed by atoms with Gasteiger partial charge in [-0.15, -0.1) is 0 Å². The van der Waals surface area contributed by atoms with Crippen molar-refractivity contribution in [2.24, 2.45) is 5.92 Å². The van der Waals surface area contributed by atoms with Crippen LogP contribution in [-0.2, 0) is 0 Å². The van der Waals surface area contributed by atoms with Crippen LogP contribution in [0.5, 0.6) is 5.75 Å². The minimum atomic E-state index is 0.248. The summed E-state index contributed by atoms with van der Waals surface area (Å²) in [5, 5.41) is 9.49. The molecule has 1 N–H and O–H groups in total. The zero-order chi connectivity index (χ0) is 11.8. The first-order chi connectivity index (χ1) is 7.74. The van der Waals surface area contributed by atoms with Crippen LogP contribution in [0.25, 0.3) is 0 Å². The van der Waals surface area contributed by atoms with Gasteiger partial charge in [-0.25, -0.2) is 0 Å². The number of thioether (sulfide) groups is 1. The summed E-state index contributed by atoms with van der Waals surface area (Å²) in [4.78, 5) is 0. The summed E-state index contributed by atoms with van der Waals surface area (Å²) in [6.07, 6.45) is 0. The van der Waals surface area contributed by atoms with Gasteiger partial charge in [0.1, 0.15) is 5.75 Å². The third-order valence-corrected chi connectivity index (χ3v) is 3.61. The Bertz CT molecular complexity index is 307. The summed E-state index contributed by atoms with van der Waals surface area (Å²) in [7, 11) is 0. The number of hydrogen-bond acceptors (Lipinski definition) is 3. The molecule has 1 atom stereocenters. The van der Waals surface area contributed by atoms with Crippen LogP contribution in [-0.4, -0.2) is 29.8 Å². The third-order valence-electron chi connectivity index (χ3n) is 2.04. The molecule has 4 heteroatoms. The van der Waals surface area contributed by atoms with Crippen molar-refractivity contribution in [2.75, 3.05) is 24.7 Å². The average molecular weight is 261 g/mol. The molecule has 1 aromatic carbocycles. The van der Waals surface area contributed by atoms with E-state index in [9.17, 15) is 0 Å². The Balaban J connectivity index is 2.14. The Morgan fingerprint density at radius 3 is 2.88 bits per heavy atom. The van der Waals surface area contributed by atoms with Crippen molar-refractivity contribution in [3.8, 4) is 5.75 Å². The smallest absolute Gasteiger partial charge is 0.137 e. The second kappa shape index (κ2) is 7.82. The van der Waals surface area contributed by atoms with Gasteiger partial charge in [0.2, 0.25) is 0 Å². The van der Waals surface area contributed by atoms with Crippen molar-refractivity contribution in [3.63, 3.8) is 0 Å². The number of halogens is 1. The fraction of sp³-hybridized carbons (Fsp3) is 0.500. The molecular formula is C12H17ClO2S. The van der Waals surface area contributed by atoms with E-state index in [2.05, 4.69) is 0 Å².